The van der Waals surface area contributed by atoms with E-state index in [1.165, 1.54) is 6.20 Å². The van der Waals surface area contributed by atoms with Crippen LogP contribution in [-0.4, -0.2) is 17.3 Å². The highest BCUT2D eigenvalue weighted by Crippen LogP contribution is 2.18. The maximum Gasteiger partial charge on any atom is 0.419 e. The summed E-state index contributed by atoms with van der Waals surface area (Å²) in [5, 5.41) is 8.73. The average molecular weight is 193 g/mol. The minimum atomic E-state index is -0.561. The molecule has 0 aliphatic heterocycles. The van der Waals surface area contributed by atoms with Crippen LogP contribution in [0.1, 0.15) is 18.1 Å². The summed E-state index contributed by atoms with van der Waals surface area (Å²) in [6, 6.07) is 1.93. The number of hydrogen-bond donors (Lipinski definition) is 1. The van der Waals surface area contributed by atoms with Crippen molar-refractivity contribution in [2.75, 3.05) is 12.3 Å². The first kappa shape index (κ1) is 10.1. The molecule has 0 radical (unpaired) electrons. The Bertz CT molecular complexity index is 401. The van der Waals surface area contributed by atoms with Gasteiger partial charge in [-0.25, -0.2) is 9.36 Å². The van der Waals surface area contributed by atoms with E-state index >= 15 is 0 Å². The van der Waals surface area contributed by atoms with Gasteiger partial charge in [-0.3, -0.25) is 0 Å². The van der Waals surface area contributed by atoms with E-state index in [2.05, 4.69) is 0 Å². The minimum absolute atomic E-state index is 0.128. The van der Waals surface area contributed by atoms with Gasteiger partial charge in [0.1, 0.15) is 11.9 Å². The molecule has 0 saturated carbocycles. The molecule has 74 valence electrons. The minimum Gasteiger partial charge on any atom is -0.449 e. The Morgan fingerprint density at radius 1 is 1.79 bits per heavy atom. The zero-order chi connectivity index (χ0) is 10.7. The standard InChI is InChI=1S/C9H11N3O2/c1-3-14-9(13)12-5-6(2)7(4-10)8(12)11/h5H,3,11H2,1-2H3. The van der Waals surface area contributed by atoms with Gasteiger partial charge in [-0.15, -0.1) is 0 Å². The molecule has 0 aliphatic carbocycles. The maximum absolute atomic E-state index is 11.3. The zero-order valence-corrected chi connectivity index (χ0v) is 8.07. The number of nitriles is 1. The first-order valence-corrected chi connectivity index (χ1v) is 4.16. The number of ether oxygens (including phenoxy) is 1. The van der Waals surface area contributed by atoms with E-state index in [1.807, 2.05) is 6.07 Å². The summed E-state index contributed by atoms with van der Waals surface area (Å²) in [5.74, 6) is 0.128. The van der Waals surface area contributed by atoms with Crippen LogP contribution in [0.4, 0.5) is 10.6 Å². The lowest BCUT2D eigenvalue weighted by Crippen LogP contribution is -2.14. The molecule has 2 N–H and O–H groups in total. The Balaban J connectivity index is 3.13. The molecular weight excluding hydrogens is 182 g/mol. The predicted octanol–water partition coefficient (Wildman–Crippen LogP) is 1.25. The van der Waals surface area contributed by atoms with Crippen LogP contribution in [0.25, 0.3) is 0 Å². The molecule has 0 aromatic carbocycles. The molecule has 14 heavy (non-hydrogen) atoms. The third-order valence-electron chi connectivity index (χ3n) is 1.81. The Labute approximate surface area is 81.7 Å². The van der Waals surface area contributed by atoms with Crippen molar-refractivity contribution < 1.29 is 9.53 Å². The lowest BCUT2D eigenvalue weighted by molar-refractivity contribution is 0.154. The van der Waals surface area contributed by atoms with Crippen LogP contribution >= 0.6 is 0 Å². The van der Waals surface area contributed by atoms with Gasteiger partial charge in [0.25, 0.3) is 0 Å². The third kappa shape index (κ3) is 1.55. The lowest BCUT2D eigenvalue weighted by atomic mass is 10.2. The molecule has 1 aromatic rings. The Kier molecular flexibility index (Phi) is 2.77. The number of carbonyl (C=O) groups is 1. The molecule has 5 heteroatoms. The van der Waals surface area contributed by atoms with Crippen molar-refractivity contribution in [3.63, 3.8) is 0 Å². The van der Waals surface area contributed by atoms with Gasteiger partial charge in [0.15, 0.2) is 0 Å². The summed E-state index contributed by atoms with van der Waals surface area (Å²) < 4.78 is 5.89. The third-order valence-corrected chi connectivity index (χ3v) is 1.81. The SMILES string of the molecule is CCOC(=O)n1cc(C)c(C#N)c1N. The van der Waals surface area contributed by atoms with E-state index in [9.17, 15) is 4.79 Å². The molecule has 0 atom stereocenters. The molecule has 5 nitrogen and oxygen atoms in total. The number of nitrogen functional groups attached to an aromatic ring is 1. The second kappa shape index (κ2) is 3.83. The zero-order valence-electron chi connectivity index (χ0n) is 8.07. The van der Waals surface area contributed by atoms with Crippen LogP contribution in [0.5, 0.6) is 0 Å². The number of nitrogens with zero attached hydrogens (tertiary/aromatic N) is 2. The molecule has 1 heterocycles. The predicted molar refractivity (Wildman–Crippen MR) is 50.7 cm³/mol. The molecule has 1 aromatic heterocycles. The van der Waals surface area contributed by atoms with Crippen molar-refractivity contribution in [1.82, 2.24) is 4.57 Å². The van der Waals surface area contributed by atoms with Crippen molar-refractivity contribution in [1.29, 1.82) is 5.26 Å². The van der Waals surface area contributed by atoms with Gasteiger partial charge in [0, 0.05) is 6.20 Å². The van der Waals surface area contributed by atoms with Crippen LogP contribution in [0.15, 0.2) is 6.20 Å². The average Bonchev–Trinajstić information content (AvgIpc) is 2.42. The fourth-order valence-electron chi connectivity index (χ4n) is 1.14. The number of aryl methyl sites for hydroxylation is 1. The summed E-state index contributed by atoms with van der Waals surface area (Å²) >= 11 is 0. The highest BCUT2D eigenvalue weighted by Gasteiger charge is 2.15. The summed E-state index contributed by atoms with van der Waals surface area (Å²) in [6.07, 6.45) is 0.931. The fourth-order valence-corrected chi connectivity index (χ4v) is 1.14. The van der Waals surface area contributed by atoms with Crippen LogP contribution in [-0.2, 0) is 4.74 Å². The maximum atomic E-state index is 11.3. The quantitative estimate of drug-likeness (QED) is 0.727. The van der Waals surface area contributed by atoms with Crippen molar-refractivity contribution in [3.05, 3.63) is 17.3 Å². The van der Waals surface area contributed by atoms with Crippen LogP contribution in [0.3, 0.4) is 0 Å². The number of anilines is 1. The van der Waals surface area contributed by atoms with Gasteiger partial charge < -0.3 is 10.5 Å². The lowest BCUT2D eigenvalue weighted by Gasteiger charge is -2.03. The summed E-state index contributed by atoms with van der Waals surface area (Å²) in [6.45, 7) is 3.69. The monoisotopic (exact) mass is 193 g/mol. The topological polar surface area (TPSA) is 81.0 Å². The van der Waals surface area contributed by atoms with Crippen molar-refractivity contribution in [2.24, 2.45) is 0 Å². The molecule has 0 fully saturated rings. The van der Waals surface area contributed by atoms with E-state index < -0.39 is 6.09 Å². The number of rotatable bonds is 1. The first-order chi connectivity index (χ1) is 6.61. The highest BCUT2D eigenvalue weighted by molar-refractivity contribution is 5.77. The summed E-state index contributed by atoms with van der Waals surface area (Å²) in [4.78, 5) is 11.3. The van der Waals surface area contributed by atoms with Gasteiger partial charge in [-0.05, 0) is 19.4 Å². The van der Waals surface area contributed by atoms with Gasteiger partial charge in [0.05, 0.1) is 12.2 Å². The van der Waals surface area contributed by atoms with E-state index in [4.69, 9.17) is 15.7 Å². The molecule has 0 bridgehead atoms. The Morgan fingerprint density at radius 3 is 2.86 bits per heavy atom. The Morgan fingerprint density at radius 2 is 2.43 bits per heavy atom. The molecule has 0 amide bonds. The molecule has 1 rings (SSSR count). The molecular formula is C9H11N3O2. The number of hydrogen-bond acceptors (Lipinski definition) is 4. The van der Waals surface area contributed by atoms with Crippen molar-refractivity contribution in [3.8, 4) is 6.07 Å². The van der Waals surface area contributed by atoms with Crippen molar-refractivity contribution >= 4 is 11.9 Å². The van der Waals surface area contributed by atoms with Gasteiger partial charge in [0.2, 0.25) is 0 Å². The van der Waals surface area contributed by atoms with Crippen LogP contribution in [0.2, 0.25) is 0 Å². The normalized spacial score (nSPS) is 9.50. The molecule has 0 spiro atoms. The van der Waals surface area contributed by atoms with Gasteiger partial charge in [-0.1, -0.05) is 0 Å². The van der Waals surface area contributed by atoms with Crippen LogP contribution < -0.4 is 5.73 Å². The second-order valence-corrected chi connectivity index (χ2v) is 2.75. The van der Waals surface area contributed by atoms with Crippen LogP contribution in [0, 0.1) is 18.3 Å². The van der Waals surface area contributed by atoms with E-state index in [-0.39, 0.29) is 12.4 Å². The van der Waals surface area contributed by atoms with E-state index in [0.29, 0.717) is 11.1 Å². The Hall–Kier alpha value is -1.96. The summed E-state index contributed by atoms with van der Waals surface area (Å²) in [5.41, 5.74) is 6.57. The van der Waals surface area contributed by atoms with Gasteiger partial charge in [-0.2, -0.15) is 5.26 Å². The molecule has 0 saturated heterocycles. The number of aromatic nitrogens is 1. The van der Waals surface area contributed by atoms with Crippen molar-refractivity contribution in [2.45, 2.75) is 13.8 Å². The first-order valence-electron chi connectivity index (χ1n) is 4.16. The second-order valence-electron chi connectivity index (χ2n) is 2.75. The fraction of sp³-hybridized carbons (Fsp3) is 0.333. The summed E-state index contributed by atoms with van der Waals surface area (Å²) in [7, 11) is 0. The number of nitrogens with two attached hydrogens (primary N) is 1. The number of carbonyl (C=O) groups excluding carboxylic acids is 1. The largest absolute Gasteiger partial charge is 0.449 e. The molecule has 0 unspecified atom stereocenters. The van der Waals surface area contributed by atoms with E-state index in [1.54, 1.807) is 13.8 Å². The van der Waals surface area contributed by atoms with Gasteiger partial charge >= 0.3 is 6.09 Å². The molecule has 0 aliphatic rings. The highest BCUT2D eigenvalue weighted by atomic mass is 16.5. The smallest absolute Gasteiger partial charge is 0.419 e. The van der Waals surface area contributed by atoms with E-state index in [0.717, 1.165) is 4.57 Å².